The van der Waals surface area contributed by atoms with E-state index in [-0.39, 0.29) is 17.0 Å². The van der Waals surface area contributed by atoms with E-state index in [1.165, 1.54) is 23.9 Å². The zero-order valence-electron chi connectivity index (χ0n) is 4.65. The molecule has 0 aliphatic heterocycles. The summed E-state index contributed by atoms with van der Waals surface area (Å²) in [7, 11) is 0. The molecule has 40 valence electrons. The largest absolute Gasteiger partial charge is 1.00 e. The van der Waals surface area contributed by atoms with Crippen LogP contribution in [-0.2, 0) is 18.3 Å². The summed E-state index contributed by atoms with van der Waals surface area (Å²) in [5.74, 6) is 0. The van der Waals surface area contributed by atoms with E-state index in [9.17, 15) is 0 Å². The molecule has 0 spiro atoms. The molecule has 0 aromatic carbocycles. The van der Waals surface area contributed by atoms with Crippen LogP contribution in [0.2, 0.25) is 0 Å². The topological polar surface area (TPSA) is 0 Å². The van der Waals surface area contributed by atoms with Crippen LogP contribution in [-0.4, -0.2) is 0 Å². The van der Waals surface area contributed by atoms with Gasteiger partial charge in [-0.1, -0.05) is 0 Å². The summed E-state index contributed by atoms with van der Waals surface area (Å²) in [4.78, 5) is 0. The van der Waals surface area contributed by atoms with Crippen LogP contribution in [0.25, 0.3) is 0 Å². The van der Waals surface area contributed by atoms with Crippen molar-refractivity contribution in [3.8, 4) is 0 Å². The van der Waals surface area contributed by atoms with Crippen LogP contribution in [0.4, 0.5) is 0 Å². The minimum atomic E-state index is 0. The quantitative estimate of drug-likeness (QED) is 0.473. The molecule has 0 bridgehead atoms. The average Bonchev–Trinajstić information content (AvgIpc) is 1.91. The van der Waals surface area contributed by atoms with Crippen molar-refractivity contribution in [2.45, 2.75) is 6.92 Å². The maximum atomic E-state index is 2.17. The van der Waals surface area contributed by atoms with Gasteiger partial charge in [0.05, 0.1) is 0 Å². The number of thiophene rings is 1. The van der Waals surface area contributed by atoms with Crippen LogP contribution in [0.1, 0.15) is 5.56 Å². The number of halogens is 1. The van der Waals surface area contributed by atoms with Gasteiger partial charge >= 0.3 is 57.0 Å². The third-order valence-corrected chi connectivity index (χ3v) is 4.07. The smallest absolute Gasteiger partial charge is 1.00 e. The van der Waals surface area contributed by atoms with Crippen LogP contribution in [0.5, 0.6) is 0 Å². The molecule has 1 aromatic rings. The third kappa shape index (κ3) is 1.96. The van der Waals surface area contributed by atoms with Crippen LogP contribution >= 0.6 is 11.3 Å². The van der Waals surface area contributed by atoms with Gasteiger partial charge in [0.25, 0.3) is 0 Å². The zero-order valence-corrected chi connectivity index (χ0v) is 10.0. The normalized spacial score (nSPS) is 8.38. The Morgan fingerprint density at radius 2 is 2.25 bits per heavy atom. The molecular formula is C5H5BrSZn. The molecule has 3 heteroatoms. The number of hydrogen-bond donors (Lipinski definition) is 0. The van der Waals surface area contributed by atoms with Crippen molar-refractivity contribution in [2.75, 3.05) is 0 Å². The summed E-state index contributed by atoms with van der Waals surface area (Å²) in [5, 5.41) is 2.15. The second-order valence-electron chi connectivity index (χ2n) is 1.53. The molecular weight excluding hydrogens is 237 g/mol. The van der Waals surface area contributed by atoms with E-state index in [1.54, 1.807) is 3.47 Å². The molecule has 0 aliphatic carbocycles. The van der Waals surface area contributed by atoms with Gasteiger partial charge in [0, 0.05) is 0 Å². The van der Waals surface area contributed by atoms with Crippen LogP contribution < -0.4 is 20.5 Å². The molecule has 0 nitrogen and oxygen atoms in total. The summed E-state index contributed by atoms with van der Waals surface area (Å²) < 4.78 is 1.56. The fourth-order valence-corrected chi connectivity index (χ4v) is 1.95. The van der Waals surface area contributed by atoms with Crippen molar-refractivity contribution in [1.82, 2.24) is 0 Å². The number of rotatable bonds is 0. The van der Waals surface area contributed by atoms with Crippen molar-refractivity contribution >= 4 is 14.8 Å². The zero-order chi connectivity index (χ0) is 5.28. The minimum Gasteiger partial charge on any atom is -1.00 e. The van der Waals surface area contributed by atoms with Crippen LogP contribution in [0.15, 0.2) is 11.4 Å². The Kier molecular flexibility index (Phi) is 4.14. The van der Waals surface area contributed by atoms with Gasteiger partial charge < -0.3 is 17.0 Å². The fourth-order valence-electron chi connectivity index (χ4n) is 0.404. The molecule has 1 heterocycles. The summed E-state index contributed by atoms with van der Waals surface area (Å²) >= 11 is 3.17. The summed E-state index contributed by atoms with van der Waals surface area (Å²) in [6.45, 7) is 2.16. The first-order valence-electron chi connectivity index (χ1n) is 2.17. The predicted octanol–water partition coefficient (Wildman–Crippen LogP) is -1.77. The summed E-state index contributed by atoms with van der Waals surface area (Å²) in [5.41, 5.74) is 1.46. The predicted molar refractivity (Wildman–Crippen MR) is 28.7 cm³/mol. The Balaban J connectivity index is 0.000000490. The molecule has 0 saturated carbocycles. The first-order valence-corrected chi connectivity index (χ1v) is 4.53. The van der Waals surface area contributed by atoms with Crippen LogP contribution in [0.3, 0.4) is 0 Å². The van der Waals surface area contributed by atoms with Crippen molar-refractivity contribution in [1.29, 1.82) is 0 Å². The number of aryl methyl sites for hydroxylation is 1. The van der Waals surface area contributed by atoms with E-state index in [0.29, 0.717) is 0 Å². The van der Waals surface area contributed by atoms with Gasteiger partial charge in [0.15, 0.2) is 0 Å². The van der Waals surface area contributed by atoms with E-state index < -0.39 is 0 Å². The molecule has 8 heavy (non-hydrogen) atoms. The molecule has 0 fully saturated rings. The van der Waals surface area contributed by atoms with Gasteiger partial charge in [0.2, 0.25) is 0 Å². The molecule has 0 unspecified atom stereocenters. The molecule has 0 aliphatic rings. The van der Waals surface area contributed by atoms with Crippen LogP contribution in [0, 0.1) is 6.92 Å². The first kappa shape index (κ1) is 8.80. The van der Waals surface area contributed by atoms with Gasteiger partial charge in [0.1, 0.15) is 0 Å². The maximum absolute atomic E-state index is 2.17. The van der Waals surface area contributed by atoms with Crippen molar-refractivity contribution in [3.05, 3.63) is 17.0 Å². The van der Waals surface area contributed by atoms with E-state index >= 15 is 0 Å². The summed E-state index contributed by atoms with van der Waals surface area (Å²) in [6.07, 6.45) is 0. The molecule has 0 saturated heterocycles. The van der Waals surface area contributed by atoms with Gasteiger partial charge in [-0.3, -0.25) is 0 Å². The van der Waals surface area contributed by atoms with Crippen molar-refractivity contribution in [2.24, 2.45) is 0 Å². The van der Waals surface area contributed by atoms with Gasteiger partial charge in [-0.05, 0) is 0 Å². The Morgan fingerprint density at radius 3 is 2.38 bits per heavy atom. The molecule has 1 rings (SSSR count). The second kappa shape index (κ2) is 3.76. The Labute approximate surface area is 73.7 Å². The minimum absolute atomic E-state index is 0. The molecule has 0 atom stereocenters. The summed E-state index contributed by atoms with van der Waals surface area (Å²) in [6, 6.07) is 2.17. The first-order chi connectivity index (χ1) is 3.30. The van der Waals surface area contributed by atoms with E-state index in [0.717, 1.165) is 0 Å². The molecule has 0 radical (unpaired) electrons. The van der Waals surface area contributed by atoms with E-state index in [1.807, 2.05) is 11.3 Å². The van der Waals surface area contributed by atoms with Gasteiger partial charge in [-0.15, -0.1) is 0 Å². The number of hydrogen-bond acceptors (Lipinski definition) is 1. The Hall–Kier alpha value is 0.803. The fraction of sp³-hybridized carbons (Fsp3) is 0.200. The SMILES string of the molecule is Cc1ccs[c]1[Zn+].[Br-]. The molecule has 0 N–H and O–H groups in total. The van der Waals surface area contributed by atoms with Crippen molar-refractivity contribution < 1.29 is 35.3 Å². The van der Waals surface area contributed by atoms with Crippen molar-refractivity contribution in [3.63, 3.8) is 0 Å². The van der Waals surface area contributed by atoms with Gasteiger partial charge in [-0.2, -0.15) is 0 Å². The van der Waals surface area contributed by atoms with E-state index in [4.69, 9.17) is 0 Å². The third-order valence-electron chi connectivity index (χ3n) is 0.968. The molecule has 0 amide bonds. The maximum Gasteiger partial charge on any atom is -1.00 e. The second-order valence-corrected chi connectivity index (χ2v) is 5.09. The van der Waals surface area contributed by atoms with E-state index in [2.05, 4.69) is 18.4 Å². The average molecular weight is 242 g/mol. The van der Waals surface area contributed by atoms with Gasteiger partial charge in [-0.25, -0.2) is 0 Å². The Morgan fingerprint density at radius 1 is 1.62 bits per heavy atom. The standard InChI is InChI=1S/C5H5S.BrH.Zn/c1-5-2-3-6-4-5;;/h2-3H,1H3;1H;/q;;+1/p-1. The Bertz CT molecular complexity index is 145. The monoisotopic (exact) mass is 240 g/mol. The molecule has 1 aromatic heterocycles.